The number of carbonyl (C=O) groups is 3. The van der Waals surface area contributed by atoms with Crippen LogP contribution in [-0.2, 0) is 9.53 Å². The average molecular weight is 507 g/mol. The van der Waals surface area contributed by atoms with Gasteiger partial charge < -0.3 is 15.0 Å². The molecule has 1 aromatic carbocycles. The van der Waals surface area contributed by atoms with E-state index in [9.17, 15) is 14.4 Å². The fourth-order valence-corrected chi connectivity index (χ4v) is 4.31. The predicted molar refractivity (Wildman–Crippen MR) is 129 cm³/mol. The smallest absolute Gasteiger partial charge is 0.341 e. The maximum atomic E-state index is 12.9. The molecule has 0 aliphatic carbocycles. The van der Waals surface area contributed by atoms with E-state index in [1.54, 1.807) is 31.7 Å². The van der Waals surface area contributed by atoms with Crippen LogP contribution < -0.4 is 5.32 Å². The molecule has 0 bridgehead atoms. The number of carbonyl (C=O) groups excluding carboxylic acids is 3. The van der Waals surface area contributed by atoms with E-state index in [0.29, 0.717) is 28.5 Å². The van der Waals surface area contributed by atoms with Gasteiger partial charge in [-0.3, -0.25) is 9.59 Å². The molecule has 8 heteroatoms. The number of halogens is 1. The van der Waals surface area contributed by atoms with Gasteiger partial charge in [0.2, 0.25) is 5.91 Å². The van der Waals surface area contributed by atoms with Crippen LogP contribution in [0.25, 0.3) is 6.08 Å². The first-order valence-corrected chi connectivity index (χ1v) is 11.7. The second kappa shape index (κ2) is 11.2. The van der Waals surface area contributed by atoms with E-state index < -0.39 is 11.9 Å². The molecule has 1 N–H and O–H groups in total. The lowest BCUT2D eigenvalue weighted by atomic mass is 10.1. The molecular weight excluding hydrogens is 480 g/mol. The minimum atomic E-state index is -0.561. The number of esters is 1. The molecule has 2 amide bonds. The number of nitrogens with one attached hydrogen (secondary N) is 1. The summed E-state index contributed by atoms with van der Waals surface area (Å²) in [5.74, 6) is -1.13. The van der Waals surface area contributed by atoms with E-state index >= 15 is 0 Å². The summed E-state index contributed by atoms with van der Waals surface area (Å²) < 4.78 is 6.30. The zero-order valence-electron chi connectivity index (χ0n) is 18.3. The summed E-state index contributed by atoms with van der Waals surface area (Å²) in [6.45, 7) is 10.1. The molecule has 0 atom stereocenters. The van der Waals surface area contributed by atoms with Crippen LogP contribution in [0.15, 0.2) is 34.8 Å². The van der Waals surface area contributed by atoms with E-state index in [2.05, 4.69) is 21.2 Å². The van der Waals surface area contributed by atoms with E-state index in [-0.39, 0.29) is 17.6 Å². The van der Waals surface area contributed by atoms with Crippen LogP contribution in [0.3, 0.4) is 0 Å². The van der Waals surface area contributed by atoms with Gasteiger partial charge in [0.25, 0.3) is 5.91 Å². The molecule has 1 aromatic heterocycles. The summed E-state index contributed by atoms with van der Waals surface area (Å²) >= 11 is 4.47. The number of hydrogen-bond donors (Lipinski definition) is 1. The van der Waals surface area contributed by atoms with Crippen molar-refractivity contribution in [1.82, 2.24) is 4.90 Å². The van der Waals surface area contributed by atoms with E-state index in [1.807, 2.05) is 38.1 Å². The number of hydrogen-bond acceptors (Lipinski definition) is 5. The van der Waals surface area contributed by atoms with Gasteiger partial charge >= 0.3 is 5.97 Å². The molecule has 31 heavy (non-hydrogen) atoms. The number of rotatable bonds is 8. The Balaban J connectivity index is 2.36. The first-order chi connectivity index (χ1) is 14.7. The summed E-state index contributed by atoms with van der Waals surface area (Å²) in [5, 5.41) is 3.06. The van der Waals surface area contributed by atoms with Gasteiger partial charge in [0, 0.05) is 23.6 Å². The zero-order chi connectivity index (χ0) is 23.1. The summed E-state index contributed by atoms with van der Waals surface area (Å²) in [6.07, 6.45) is 2.74. The molecular formula is C23H27BrN2O4S. The number of anilines is 1. The zero-order valence-corrected chi connectivity index (χ0v) is 20.7. The third-order valence-corrected chi connectivity index (χ3v) is 6.20. The number of ether oxygens (including phenoxy) is 1. The number of nitrogens with zero attached hydrogens (tertiary/aromatic N) is 1. The van der Waals surface area contributed by atoms with Crippen molar-refractivity contribution in [3.63, 3.8) is 0 Å². The Hall–Kier alpha value is -2.45. The largest absolute Gasteiger partial charge is 0.459 e. The summed E-state index contributed by atoms with van der Waals surface area (Å²) in [4.78, 5) is 40.3. The molecule has 2 rings (SSSR count). The molecule has 0 radical (unpaired) electrons. The summed E-state index contributed by atoms with van der Waals surface area (Å²) in [6, 6.07) is 7.50. The van der Waals surface area contributed by atoms with Crippen molar-refractivity contribution in [2.24, 2.45) is 0 Å². The SMILES string of the molecule is CCN(CC)C(=O)c1sc(NC(=O)C=Cc2ccc(Br)cc2)c(C(=O)OC(C)C)c1C. The number of thiophene rings is 1. The van der Waals surface area contributed by atoms with Crippen molar-refractivity contribution in [2.45, 2.75) is 40.7 Å². The van der Waals surface area contributed by atoms with E-state index in [1.165, 1.54) is 6.08 Å². The quantitative estimate of drug-likeness (QED) is 0.377. The highest BCUT2D eigenvalue weighted by Gasteiger charge is 2.28. The van der Waals surface area contributed by atoms with Crippen molar-refractivity contribution in [3.05, 3.63) is 56.4 Å². The third kappa shape index (κ3) is 6.51. The highest BCUT2D eigenvalue weighted by molar-refractivity contribution is 9.10. The molecule has 0 saturated heterocycles. The molecule has 0 aliphatic heterocycles. The van der Waals surface area contributed by atoms with Gasteiger partial charge in [-0.05, 0) is 64.0 Å². The topological polar surface area (TPSA) is 75.7 Å². The second-order valence-electron chi connectivity index (χ2n) is 7.07. The summed E-state index contributed by atoms with van der Waals surface area (Å²) in [7, 11) is 0. The first kappa shape index (κ1) is 24.8. The van der Waals surface area contributed by atoms with Crippen molar-refractivity contribution in [2.75, 3.05) is 18.4 Å². The first-order valence-electron chi connectivity index (χ1n) is 10.1. The van der Waals surface area contributed by atoms with Gasteiger partial charge in [-0.25, -0.2) is 4.79 Å². The van der Waals surface area contributed by atoms with Crippen LogP contribution in [0, 0.1) is 6.92 Å². The standard InChI is InChI=1S/C23H27BrN2O4S/c1-6-26(7-2)22(28)20-15(5)19(23(29)30-14(3)4)21(31-20)25-18(27)13-10-16-8-11-17(24)12-9-16/h8-14H,6-7H2,1-5H3,(H,25,27). The highest BCUT2D eigenvalue weighted by atomic mass is 79.9. The number of benzene rings is 1. The van der Waals surface area contributed by atoms with Gasteiger partial charge in [0.05, 0.1) is 16.5 Å². The molecule has 0 unspecified atom stereocenters. The lowest BCUT2D eigenvalue weighted by Crippen LogP contribution is -2.30. The fraction of sp³-hybridized carbons (Fsp3) is 0.348. The van der Waals surface area contributed by atoms with E-state index in [4.69, 9.17) is 4.74 Å². The third-order valence-electron chi connectivity index (χ3n) is 4.47. The minimum Gasteiger partial charge on any atom is -0.459 e. The van der Waals surface area contributed by atoms with Crippen molar-refractivity contribution < 1.29 is 19.1 Å². The Morgan fingerprint density at radius 2 is 1.77 bits per heavy atom. The van der Waals surface area contributed by atoms with Crippen molar-refractivity contribution >= 4 is 56.1 Å². The van der Waals surface area contributed by atoms with Crippen LogP contribution in [0.5, 0.6) is 0 Å². The van der Waals surface area contributed by atoms with Crippen LogP contribution in [0.1, 0.15) is 58.9 Å². The fourth-order valence-electron chi connectivity index (χ4n) is 2.88. The lowest BCUT2D eigenvalue weighted by molar-refractivity contribution is -0.111. The molecule has 0 aliphatic rings. The lowest BCUT2D eigenvalue weighted by Gasteiger charge is -2.18. The Labute approximate surface area is 195 Å². The Bertz CT molecular complexity index is 976. The molecule has 0 saturated carbocycles. The van der Waals surface area contributed by atoms with Crippen LogP contribution >= 0.6 is 27.3 Å². The van der Waals surface area contributed by atoms with Crippen LogP contribution in [0.2, 0.25) is 0 Å². The maximum absolute atomic E-state index is 12.9. The summed E-state index contributed by atoms with van der Waals surface area (Å²) in [5.41, 5.74) is 1.59. The second-order valence-corrected chi connectivity index (χ2v) is 9.00. The molecule has 2 aromatic rings. The van der Waals surface area contributed by atoms with Gasteiger partial charge in [0.15, 0.2) is 0 Å². The molecule has 0 fully saturated rings. The maximum Gasteiger partial charge on any atom is 0.341 e. The van der Waals surface area contributed by atoms with Gasteiger partial charge in [-0.2, -0.15) is 0 Å². The Morgan fingerprint density at radius 1 is 1.16 bits per heavy atom. The molecule has 166 valence electrons. The molecule has 0 spiro atoms. The van der Waals surface area contributed by atoms with Gasteiger partial charge in [-0.15, -0.1) is 11.3 Å². The van der Waals surface area contributed by atoms with E-state index in [0.717, 1.165) is 21.4 Å². The van der Waals surface area contributed by atoms with Crippen molar-refractivity contribution in [3.8, 4) is 0 Å². The highest BCUT2D eigenvalue weighted by Crippen LogP contribution is 2.35. The predicted octanol–water partition coefficient (Wildman–Crippen LogP) is 5.52. The molecule has 1 heterocycles. The Morgan fingerprint density at radius 3 is 2.32 bits per heavy atom. The van der Waals surface area contributed by atoms with Crippen LogP contribution in [-0.4, -0.2) is 41.9 Å². The van der Waals surface area contributed by atoms with Crippen LogP contribution in [0.4, 0.5) is 5.00 Å². The monoisotopic (exact) mass is 506 g/mol. The van der Waals surface area contributed by atoms with Gasteiger partial charge in [0.1, 0.15) is 5.00 Å². The van der Waals surface area contributed by atoms with Gasteiger partial charge in [-0.1, -0.05) is 28.1 Å². The van der Waals surface area contributed by atoms with Crippen molar-refractivity contribution in [1.29, 1.82) is 0 Å². The molecule has 6 nitrogen and oxygen atoms in total. The average Bonchev–Trinajstić information content (AvgIpc) is 3.03. The normalized spacial score (nSPS) is 11.1. The minimum absolute atomic E-state index is 0.169. The number of amides is 2. The Kier molecular flexibility index (Phi) is 9.00.